The van der Waals surface area contributed by atoms with Crippen LogP contribution in [-0.4, -0.2) is 0 Å². The van der Waals surface area contributed by atoms with E-state index < -0.39 is 31.8 Å². The number of rotatable bonds is 0. The van der Waals surface area contributed by atoms with Gasteiger partial charge in [0.15, 0.2) is 0 Å². The summed E-state index contributed by atoms with van der Waals surface area (Å²) in [6.07, 6.45) is 0. The second kappa shape index (κ2) is 9.75. The first-order valence-electron chi connectivity index (χ1n) is 0.589. The van der Waals surface area contributed by atoms with Gasteiger partial charge in [-0.15, -0.1) is 0 Å². The molecule has 0 aliphatic rings. The molecule has 39 valence electrons. The Kier molecular flexibility index (Phi) is 17.1. The third-order valence-corrected chi connectivity index (χ3v) is 0. The summed E-state index contributed by atoms with van der Waals surface area (Å²) in [5.74, 6) is 0. The van der Waals surface area contributed by atoms with Gasteiger partial charge in [-0.3, -0.25) is 0 Å². The van der Waals surface area contributed by atoms with E-state index in [2.05, 4.69) is 0 Å². The molecule has 0 amide bonds. The standard InChI is InChI=1S/Er.4O.Y. The molecular formula is ErO4Y. The van der Waals surface area contributed by atoms with Crippen LogP contribution in [-0.2, 0) is 37.5 Å². The van der Waals surface area contributed by atoms with Crippen molar-refractivity contribution in [1.82, 2.24) is 0 Å². The van der Waals surface area contributed by atoms with Crippen LogP contribution in [0.15, 0.2) is 0 Å². The van der Waals surface area contributed by atoms with E-state index in [1.54, 1.807) is 0 Å². The zero-order valence-electron chi connectivity index (χ0n) is 2.50. The maximum atomic E-state index is 8.56. The van der Waals surface area contributed by atoms with Gasteiger partial charge in [0, 0.05) is 0 Å². The molecule has 0 aromatic rings. The molecule has 6 heavy (non-hydrogen) atoms. The van der Waals surface area contributed by atoms with Gasteiger partial charge in [-0.05, 0) is 0 Å². The molecule has 0 rings (SSSR count). The summed E-state index contributed by atoms with van der Waals surface area (Å²) in [6.45, 7) is 0. The van der Waals surface area contributed by atoms with Crippen LogP contribution in [0.3, 0.4) is 0 Å². The van der Waals surface area contributed by atoms with Crippen molar-refractivity contribution in [3.8, 4) is 0 Å². The van der Waals surface area contributed by atoms with Gasteiger partial charge in [0.25, 0.3) is 0 Å². The average Bonchev–Trinajstić information content (AvgIpc) is 1.41. The maximum absolute atomic E-state index is 8.56. The van der Waals surface area contributed by atoms with E-state index in [1.165, 1.54) is 0 Å². The topological polar surface area (TPSA) is 68.3 Å². The molecule has 0 fully saturated rings. The van der Waals surface area contributed by atoms with Crippen LogP contribution >= 0.6 is 0 Å². The SMILES string of the molecule is [O]=[Er](=[O])=[O].[O]=[Y]. The van der Waals surface area contributed by atoms with Gasteiger partial charge in [0.1, 0.15) is 0 Å². The molecule has 0 atom stereocenters. The van der Waals surface area contributed by atoms with Crippen LogP contribution in [0.2, 0.25) is 0 Å². The van der Waals surface area contributed by atoms with Crippen molar-refractivity contribution >= 4 is 0 Å². The van der Waals surface area contributed by atoms with E-state index in [4.69, 9.17) is 6.51 Å². The second-order valence-corrected chi connectivity index (χ2v) is 1.07. The second-order valence-electron chi connectivity index (χ2n) is 0.144. The van der Waals surface area contributed by atoms with Crippen LogP contribution in [0.5, 0.6) is 0 Å². The summed E-state index contributed by atoms with van der Waals surface area (Å²) < 4.78 is 34.0. The summed E-state index contributed by atoms with van der Waals surface area (Å²) in [5.41, 5.74) is 0. The Morgan fingerprint density at radius 3 is 1.00 bits per heavy atom. The van der Waals surface area contributed by atoms with Gasteiger partial charge in [0.05, 0.1) is 0 Å². The average molecular weight is 320 g/mol. The van der Waals surface area contributed by atoms with Gasteiger partial charge in [-0.25, -0.2) is 0 Å². The molecule has 0 heterocycles. The van der Waals surface area contributed by atoms with Crippen molar-refractivity contribution in [1.29, 1.82) is 0 Å². The van der Waals surface area contributed by atoms with E-state index >= 15 is 0 Å². The van der Waals surface area contributed by atoms with E-state index in [-0.39, 0.29) is 31.0 Å². The summed E-state index contributed by atoms with van der Waals surface area (Å²) in [7, 11) is 0. The summed E-state index contributed by atoms with van der Waals surface area (Å²) in [4.78, 5) is 0. The summed E-state index contributed by atoms with van der Waals surface area (Å²) in [6, 6.07) is 0. The van der Waals surface area contributed by atoms with Crippen molar-refractivity contribution in [2.24, 2.45) is 0 Å². The fourth-order valence-electron chi connectivity index (χ4n) is 0. The van der Waals surface area contributed by atoms with E-state index in [9.17, 15) is 0 Å². The number of hydrogen-bond acceptors (Lipinski definition) is 4. The molecule has 0 aromatic carbocycles. The summed E-state index contributed by atoms with van der Waals surface area (Å²) in [5, 5.41) is 0. The Labute approximate surface area is 67.8 Å². The summed E-state index contributed by atoms with van der Waals surface area (Å²) >= 11 is -3.79. The first-order valence-corrected chi connectivity index (χ1v) is 4.02. The normalized spacial score (nSPS) is 8.00. The Balaban J connectivity index is 0. The van der Waals surface area contributed by atoms with Crippen molar-refractivity contribution in [3.05, 3.63) is 0 Å². The van der Waals surface area contributed by atoms with E-state index in [1.807, 2.05) is 0 Å². The first-order chi connectivity index (χ1) is 2.73. The molecule has 0 aromatic heterocycles. The van der Waals surface area contributed by atoms with Crippen LogP contribution in [0.1, 0.15) is 0 Å². The number of hydrogen-bond donors (Lipinski definition) is 0. The molecule has 0 aliphatic heterocycles. The Bertz CT molecular complexity index is 87.7. The fraction of sp³-hybridized carbons (Fsp3) is 0. The minimum absolute atomic E-state index is 0.100. The predicted octanol–water partition coefficient (Wildman–Crippen LogP) is -0.478. The first kappa shape index (κ1) is 10.5. The quantitative estimate of drug-likeness (QED) is 0.605. The molecule has 0 bridgehead atoms. The predicted molar refractivity (Wildman–Crippen MR) is 2.75 cm³/mol. The monoisotopic (exact) mass is 319 g/mol. The Morgan fingerprint density at radius 2 is 1.00 bits per heavy atom. The Hall–Kier alpha value is 1.55. The van der Waals surface area contributed by atoms with Crippen LogP contribution in [0.4, 0.5) is 0 Å². The van der Waals surface area contributed by atoms with Crippen LogP contribution < -0.4 is 0 Å². The minimum atomic E-state index is -3.89. The van der Waals surface area contributed by atoms with Crippen molar-refractivity contribution in [3.63, 3.8) is 0 Å². The molecule has 0 saturated heterocycles. The Morgan fingerprint density at radius 1 is 1.00 bits per heavy atom. The molecule has 0 N–H and O–H groups in total. The van der Waals surface area contributed by atoms with Gasteiger partial charge in [0.2, 0.25) is 0 Å². The van der Waals surface area contributed by atoms with Crippen LogP contribution in [0.25, 0.3) is 0 Å². The fourth-order valence-corrected chi connectivity index (χ4v) is 0. The molecule has 0 saturated carbocycles. The van der Waals surface area contributed by atoms with Crippen molar-refractivity contribution < 1.29 is 69.3 Å². The van der Waals surface area contributed by atoms with Gasteiger partial charge < -0.3 is 0 Å². The van der Waals surface area contributed by atoms with Crippen LogP contribution in [0, 0.1) is 31.8 Å². The molecule has 0 unspecified atom stereocenters. The third kappa shape index (κ3) is 47.8. The van der Waals surface area contributed by atoms with Crippen molar-refractivity contribution in [2.75, 3.05) is 0 Å². The molecule has 0 aliphatic carbocycles. The zero-order valence-corrected chi connectivity index (χ0v) is 7.19. The molecular weight excluding hydrogens is 320 g/mol. The van der Waals surface area contributed by atoms with Gasteiger partial charge in [-0.2, -0.15) is 0 Å². The third-order valence-electron chi connectivity index (χ3n) is 0. The molecule has 4 nitrogen and oxygen atoms in total. The van der Waals surface area contributed by atoms with E-state index in [0.717, 1.165) is 0 Å². The molecule has 0 radical (unpaired) electrons. The van der Waals surface area contributed by atoms with E-state index in [0.29, 0.717) is 0 Å². The van der Waals surface area contributed by atoms with Crippen molar-refractivity contribution in [2.45, 2.75) is 0 Å². The molecule has 6 heteroatoms. The zero-order chi connectivity index (χ0) is 5.58. The van der Waals surface area contributed by atoms with Gasteiger partial charge in [-0.1, -0.05) is 0 Å². The molecule has 0 spiro atoms. The van der Waals surface area contributed by atoms with Gasteiger partial charge >= 0.3 is 69.3 Å².